The molecule has 29 heavy (non-hydrogen) atoms. The van der Waals surface area contributed by atoms with E-state index in [1.807, 2.05) is 0 Å². The summed E-state index contributed by atoms with van der Waals surface area (Å²) < 4.78 is 28.9. The Balaban J connectivity index is 1.71. The van der Waals surface area contributed by atoms with E-state index in [0.717, 1.165) is 22.6 Å². The number of carbonyl (C=O) groups excluding carboxylic acids is 2. The van der Waals surface area contributed by atoms with Gasteiger partial charge in [0.05, 0.1) is 12.2 Å². The van der Waals surface area contributed by atoms with Gasteiger partial charge in [0, 0.05) is 23.9 Å². The highest BCUT2D eigenvalue weighted by molar-refractivity contribution is 6.07. The number of rotatable bonds is 3. The molecule has 1 aliphatic heterocycles. The molecule has 1 aromatic carbocycles. The van der Waals surface area contributed by atoms with Crippen molar-refractivity contribution in [1.82, 2.24) is 19.6 Å². The quantitative estimate of drug-likeness (QED) is 0.686. The van der Waals surface area contributed by atoms with Gasteiger partial charge in [-0.25, -0.2) is 18.6 Å². The molecule has 4 rings (SSSR count). The minimum Gasteiger partial charge on any atom is -0.319 e. The first-order chi connectivity index (χ1) is 13.7. The van der Waals surface area contributed by atoms with E-state index in [-0.39, 0.29) is 23.4 Å². The van der Waals surface area contributed by atoms with Crippen molar-refractivity contribution in [1.29, 1.82) is 0 Å². The fraction of sp³-hybridized carbons (Fsp3) is 0.200. The lowest BCUT2D eigenvalue weighted by Gasteiger charge is -2.22. The van der Waals surface area contributed by atoms with Gasteiger partial charge in [0.15, 0.2) is 0 Å². The number of benzene rings is 1. The largest absolute Gasteiger partial charge is 0.325 e. The van der Waals surface area contributed by atoms with Gasteiger partial charge in [-0.2, -0.15) is 0 Å². The summed E-state index contributed by atoms with van der Waals surface area (Å²) in [6.45, 7) is 2.87. The van der Waals surface area contributed by atoms with Gasteiger partial charge in [-0.3, -0.25) is 18.9 Å². The molecule has 2 aromatic heterocycles. The molecule has 9 heteroatoms. The SMILES string of the molecule is Cc1cccn2c(=O)cc(CN3C(=O)NC(C)(c4ccc(F)cc4F)C3=O)nc12. The summed E-state index contributed by atoms with van der Waals surface area (Å²) in [7, 11) is 0. The van der Waals surface area contributed by atoms with E-state index >= 15 is 0 Å². The Bertz CT molecular complexity index is 1240. The highest BCUT2D eigenvalue weighted by atomic mass is 19.1. The monoisotopic (exact) mass is 398 g/mol. The number of carbonyl (C=O) groups is 2. The van der Waals surface area contributed by atoms with E-state index in [1.54, 1.807) is 25.3 Å². The van der Waals surface area contributed by atoms with Crippen LogP contribution in [-0.4, -0.2) is 26.2 Å². The average molecular weight is 398 g/mol. The summed E-state index contributed by atoms with van der Waals surface area (Å²) in [5, 5.41) is 2.45. The first-order valence-electron chi connectivity index (χ1n) is 8.78. The van der Waals surface area contributed by atoms with Crippen LogP contribution in [0.2, 0.25) is 0 Å². The van der Waals surface area contributed by atoms with Crippen LogP contribution >= 0.6 is 0 Å². The third-order valence-corrected chi connectivity index (χ3v) is 5.00. The molecule has 1 aliphatic rings. The van der Waals surface area contributed by atoms with Gasteiger partial charge in [0.25, 0.3) is 11.5 Å². The van der Waals surface area contributed by atoms with Gasteiger partial charge in [-0.05, 0) is 31.5 Å². The summed E-state index contributed by atoms with van der Waals surface area (Å²) in [5.41, 5.74) is -0.820. The standard InChI is InChI=1S/C20H16F2N4O3/c1-11-4-3-7-25-16(27)9-13(23-17(11)25)10-26-18(28)20(2,24-19(26)29)14-6-5-12(21)8-15(14)22/h3-9H,10H2,1-2H3,(H,24,29). The number of nitrogens with one attached hydrogen (secondary N) is 1. The summed E-state index contributed by atoms with van der Waals surface area (Å²) >= 11 is 0. The third-order valence-electron chi connectivity index (χ3n) is 5.00. The molecular formula is C20H16F2N4O3. The highest BCUT2D eigenvalue weighted by Crippen LogP contribution is 2.31. The molecule has 7 nitrogen and oxygen atoms in total. The Morgan fingerprint density at radius 3 is 2.62 bits per heavy atom. The Morgan fingerprint density at radius 2 is 1.90 bits per heavy atom. The lowest BCUT2D eigenvalue weighted by Crippen LogP contribution is -2.41. The number of hydrogen-bond acceptors (Lipinski definition) is 4. The molecule has 148 valence electrons. The zero-order valence-corrected chi connectivity index (χ0v) is 15.6. The fourth-order valence-electron chi connectivity index (χ4n) is 3.47. The van der Waals surface area contributed by atoms with Gasteiger partial charge in [0.2, 0.25) is 0 Å². The van der Waals surface area contributed by atoms with Crippen LogP contribution in [-0.2, 0) is 16.9 Å². The third kappa shape index (κ3) is 2.95. The van der Waals surface area contributed by atoms with Gasteiger partial charge < -0.3 is 5.32 Å². The number of pyridine rings is 1. The smallest absolute Gasteiger partial charge is 0.319 e. The van der Waals surface area contributed by atoms with Crippen molar-refractivity contribution >= 4 is 17.6 Å². The Kier molecular flexibility index (Phi) is 4.18. The Hall–Kier alpha value is -3.62. The van der Waals surface area contributed by atoms with Crippen LogP contribution in [0.5, 0.6) is 0 Å². The molecule has 0 bridgehead atoms. The molecule has 1 atom stereocenters. The summed E-state index contributed by atoms with van der Waals surface area (Å²) in [5.74, 6) is -2.46. The van der Waals surface area contributed by atoms with E-state index in [9.17, 15) is 23.2 Å². The Labute approximate surface area is 163 Å². The zero-order chi connectivity index (χ0) is 20.9. The normalized spacial score (nSPS) is 19.1. The van der Waals surface area contributed by atoms with Crippen molar-refractivity contribution in [3.63, 3.8) is 0 Å². The minimum absolute atomic E-state index is 0.151. The first kappa shape index (κ1) is 18.7. The lowest BCUT2D eigenvalue weighted by atomic mass is 9.91. The predicted octanol–water partition coefficient (Wildman–Crippen LogP) is 2.25. The van der Waals surface area contributed by atoms with Gasteiger partial charge >= 0.3 is 6.03 Å². The van der Waals surface area contributed by atoms with Crippen molar-refractivity contribution < 1.29 is 18.4 Å². The molecule has 1 unspecified atom stereocenters. The highest BCUT2D eigenvalue weighted by Gasteiger charge is 2.50. The zero-order valence-electron chi connectivity index (χ0n) is 15.6. The lowest BCUT2D eigenvalue weighted by molar-refractivity contribution is -0.131. The second-order valence-corrected chi connectivity index (χ2v) is 7.04. The molecule has 3 aromatic rings. The van der Waals surface area contributed by atoms with Gasteiger partial charge in [-0.1, -0.05) is 12.1 Å². The van der Waals surface area contributed by atoms with E-state index in [1.165, 1.54) is 17.4 Å². The minimum atomic E-state index is -1.70. The van der Waals surface area contributed by atoms with Crippen LogP contribution in [0.4, 0.5) is 13.6 Å². The molecule has 3 amide bonds. The maximum Gasteiger partial charge on any atom is 0.325 e. The van der Waals surface area contributed by atoms with Crippen molar-refractivity contribution in [3.8, 4) is 0 Å². The van der Waals surface area contributed by atoms with Crippen molar-refractivity contribution in [2.24, 2.45) is 0 Å². The summed E-state index contributed by atoms with van der Waals surface area (Å²) in [4.78, 5) is 43.0. The number of fused-ring (bicyclic) bond motifs is 1. The number of hydrogen-bond donors (Lipinski definition) is 1. The summed E-state index contributed by atoms with van der Waals surface area (Å²) in [6, 6.07) is 6.77. The van der Waals surface area contributed by atoms with Gasteiger partial charge in [0.1, 0.15) is 22.8 Å². The van der Waals surface area contributed by atoms with E-state index in [2.05, 4.69) is 10.3 Å². The van der Waals surface area contributed by atoms with Crippen molar-refractivity contribution in [2.45, 2.75) is 25.9 Å². The number of aryl methyl sites for hydroxylation is 1. The van der Waals surface area contributed by atoms with Crippen LogP contribution in [0.1, 0.15) is 23.7 Å². The van der Waals surface area contributed by atoms with Crippen molar-refractivity contribution in [2.75, 3.05) is 0 Å². The maximum atomic E-state index is 14.3. The molecule has 1 fully saturated rings. The maximum absolute atomic E-state index is 14.3. The molecule has 0 radical (unpaired) electrons. The first-order valence-corrected chi connectivity index (χ1v) is 8.78. The number of urea groups is 1. The number of nitrogens with zero attached hydrogens (tertiary/aromatic N) is 3. The van der Waals surface area contributed by atoms with Crippen molar-refractivity contribution in [3.05, 3.63) is 81.4 Å². The van der Waals surface area contributed by atoms with E-state index < -0.39 is 29.1 Å². The van der Waals surface area contributed by atoms with Crippen LogP contribution in [0.25, 0.3) is 5.65 Å². The average Bonchev–Trinajstić information content (AvgIpc) is 2.86. The summed E-state index contributed by atoms with van der Waals surface area (Å²) in [6.07, 6.45) is 1.57. The molecular weight excluding hydrogens is 382 g/mol. The topological polar surface area (TPSA) is 83.8 Å². The molecule has 0 spiro atoms. The number of imide groups is 1. The van der Waals surface area contributed by atoms with Crippen LogP contribution in [0.3, 0.4) is 0 Å². The molecule has 0 aliphatic carbocycles. The number of amides is 3. The molecule has 3 heterocycles. The Morgan fingerprint density at radius 1 is 1.14 bits per heavy atom. The molecule has 1 N–H and O–H groups in total. The van der Waals surface area contributed by atoms with Crippen LogP contribution < -0.4 is 10.9 Å². The fourth-order valence-corrected chi connectivity index (χ4v) is 3.47. The predicted molar refractivity (Wildman–Crippen MR) is 99.0 cm³/mol. The molecule has 1 saturated heterocycles. The van der Waals surface area contributed by atoms with Gasteiger partial charge in [-0.15, -0.1) is 0 Å². The number of aromatic nitrogens is 2. The number of halogens is 2. The second-order valence-electron chi connectivity index (χ2n) is 7.04. The van der Waals surface area contributed by atoms with Crippen LogP contribution in [0.15, 0.2) is 47.4 Å². The van der Waals surface area contributed by atoms with E-state index in [0.29, 0.717) is 11.7 Å². The van der Waals surface area contributed by atoms with E-state index in [4.69, 9.17) is 0 Å². The molecule has 0 saturated carbocycles. The second kappa shape index (κ2) is 6.47. The van der Waals surface area contributed by atoms with Crippen LogP contribution in [0, 0.1) is 18.6 Å².